The highest BCUT2D eigenvalue weighted by Gasteiger charge is 2.16. The number of nitrogens with zero attached hydrogens (tertiary/aromatic N) is 2. The van der Waals surface area contributed by atoms with Gasteiger partial charge in [-0.1, -0.05) is 0 Å². The van der Waals surface area contributed by atoms with Gasteiger partial charge in [-0.05, 0) is 13.8 Å². The van der Waals surface area contributed by atoms with Gasteiger partial charge in [0.2, 0.25) is 15.9 Å². The molecule has 18 heavy (non-hydrogen) atoms. The van der Waals surface area contributed by atoms with Gasteiger partial charge in [0, 0.05) is 32.3 Å². The number of carbonyl (C=O) groups excluding carboxylic acids is 1. The van der Waals surface area contributed by atoms with Crippen LogP contribution >= 0.6 is 0 Å². The molecule has 0 radical (unpaired) electrons. The highest BCUT2D eigenvalue weighted by molar-refractivity contribution is 7.89. The van der Waals surface area contributed by atoms with E-state index in [2.05, 4.69) is 14.9 Å². The number of nitrogens with one attached hydrogen (secondary N) is 2. The quantitative estimate of drug-likeness (QED) is 0.728. The average molecular weight is 274 g/mol. The van der Waals surface area contributed by atoms with Crippen molar-refractivity contribution in [2.45, 2.75) is 25.2 Å². The van der Waals surface area contributed by atoms with Crippen molar-refractivity contribution < 1.29 is 13.2 Å². The summed E-state index contributed by atoms with van der Waals surface area (Å²) in [5, 5.41) is 5.99. The summed E-state index contributed by atoms with van der Waals surface area (Å²) in [4.78, 5) is 13.4. The van der Waals surface area contributed by atoms with Crippen molar-refractivity contribution in [3.63, 3.8) is 0 Å². The normalized spacial score (nSPS) is 11.4. The second kappa shape index (κ2) is 6.50. The minimum absolute atomic E-state index is 0.0603. The van der Waals surface area contributed by atoms with E-state index in [9.17, 15) is 13.2 Å². The second-order valence-corrected chi connectivity index (χ2v) is 5.41. The van der Waals surface area contributed by atoms with Gasteiger partial charge in [-0.25, -0.2) is 13.1 Å². The lowest BCUT2D eigenvalue weighted by molar-refractivity contribution is -0.130. The van der Waals surface area contributed by atoms with Crippen LogP contribution in [-0.4, -0.2) is 49.1 Å². The van der Waals surface area contributed by atoms with Crippen LogP contribution in [0.25, 0.3) is 0 Å². The summed E-state index contributed by atoms with van der Waals surface area (Å²) in [6.07, 6.45) is 2.65. The van der Waals surface area contributed by atoms with E-state index in [1.807, 2.05) is 13.8 Å². The second-order valence-electron chi connectivity index (χ2n) is 3.65. The van der Waals surface area contributed by atoms with Crippen LogP contribution in [0.5, 0.6) is 0 Å². The number of hydrogen-bond donors (Lipinski definition) is 2. The number of aromatic nitrogens is 2. The molecule has 1 rings (SSSR count). The molecule has 0 aliphatic carbocycles. The Balaban J connectivity index is 2.45. The van der Waals surface area contributed by atoms with Gasteiger partial charge in [-0.3, -0.25) is 9.89 Å². The van der Waals surface area contributed by atoms with Gasteiger partial charge in [0.05, 0.1) is 6.20 Å². The molecule has 0 aromatic carbocycles. The summed E-state index contributed by atoms with van der Waals surface area (Å²) in [5.41, 5.74) is 0. The third-order valence-electron chi connectivity index (χ3n) is 2.53. The predicted octanol–water partition coefficient (Wildman–Crippen LogP) is -0.0535. The molecular weight excluding hydrogens is 256 g/mol. The lowest BCUT2D eigenvalue weighted by atomic mass is 10.3. The average Bonchev–Trinajstić information content (AvgIpc) is 2.84. The SMILES string of the molecule is CCN(CC)C(=O)CCNS(=O)(=O)c1cn[nH]c1. The molecule has 0 fully saturated rings. The summed E-state index contributed by atoms with van der Waals surface area (Å²) >= 11 is 0. The topological polar surface area (TPSA) is 95.2 Å². The number of carbonyl (C=O) groups is 1. The minimum Gasteiger partial charge on any atom is -0.343 e. The summed E-state index contributed by atoms with van der Waals surface area (Å²) < 4.78 is 25.7. The molecule has 0 saturated carbocycles. The molecule has 0 unspecified atom stereocenters. The van der Waals surface area contributed by atoms with Crippen molar-refractivity contribution >= 4 is 15.9 Å². The first-order chi connectivity index (χ1) is 8.51. The predicted molar refractivity (Wildman–Crippen MR) is 66.3 cm³/mol. The highest BCUT2D eigenvalue weighted by atomic mass is 32.2. The first-order valence-electron chi connectivity index (χ1n) is 5.77. The largest absolute Gasteiger partial charge is 0.343 e. The van der Waals surface area contributed by atoms with Gasteiger partial charge < -0.3 is 4.90 Å². The van der Waals surface area contributed by atoms with Gasteiger partial charge in [-0.15, -0.1) is 0 Å². The van der Waals surface area contributed by atoms with E-state index >= 15 is 0 Å². The molecule has 0 aliphatic rings. The Labute approximate surface area is 107 Å². The zero-order valence-corrected chi connectivity index (χ0v) is 11.3. The van der Waals surface area contributed by atoms with E-state index in [1.165, 1.54) is 12.4 Å². The van der Waals surface area contributed by atoms with E-state index in [0.29, 0.717) is 13.1 Å². The van der Waals surface area contributed by atoms with Crippen molar-refractivity contribution in [1.82, 2.24) is 19.8 Å². The molecule has 0 saturated heterocycles. The lowest BCUT2D eigenvalue weighted by Gasteiger charge is -2.18. The van der Waals surface area contributed by atoms with E-state index in [0.717, 1.165) is 0 Å². The molecular formula is C10H18N4O3S. The van der Waals surface area contributed by atoms with Crippen LogP contribution in [0.4, 0.5) is 0 Å². The van der Waals surface area contributed by atoms with E-state index in [4.69, 9.17) is 0 Å². The Morgan fingerprint density at radius 3 is 2.61 bits per heavy atom. The van der Waals surface area contributed by atoms with Gasteiger partial charge in [0.1, 0.15) is 4.90 Å². The molecule has 0 atom stereocenters. The first kappa shape index (κ1) is 14.7. The fourth-order valence-electron chi connectivity index (χ4n) is 1.50. The fraction of sp³-hybridized carbons (Fsp3) is 0.600. The zero-order chi connectivity index (χ0) is 13.6. The molecule has 102 valence electrons. The molecule has 0 spiro atoms. The Morgan fingerprint density at radius 1 is 1.44 bits per heavy atom. The van der Waals surface area contributed by atoms with Crippen LogP contribution in [-0.2, 0) is 14.8 Å². The van der Waals surface area contributed by atoms with Crippen molar-refractivity contribution in [2.75, 3.05) is 19.6 Å². The Kier molecular flexibility index (Phi) is 5.29. The molecule has 0 bridgehead atoms. The molecule has 0 aliphatic heterocycles. The Morgan fingerprint density at radius 2 is 2.11 bits per heavy atom. The summed E-state index contributed by atoms with van der Waals surface area (Å²) in [5.74, 6) is -0.0603. The van der Waals surface area contributed by atoms with Crippen LogP contribution in [0.1, 0.15) is 20.3 Å². The lowest BCUT2D eigenvalue weighted by Crippen LogP contribution is -2.34. The maximum absolute atomic E-state index is 11.7. The fourth-order valence-corrected chi connectivity index (χ4v) is 2.43. The van der Waals surface area contributed by atoms with Crippen LogP contribution in [0.15, 0.2) is 17.3 Å². The standard InChI is InChI=1S/C10H18N4O3S/c1-3-14(4-2)10(15)5-6-13-18(16,17)9-7-11-12-8-9/h7-8,13H,3-6H2,1-2H3,(H,11,12). The Bertz CT molecular complexity index is 465. The van der Waals surface area contributed by atoms with E-state index in [-0.39, 0.29) is 23.8 Å². The molecule has 2 N–H and O–H groups in total. The molecule has 1 amide bonds. The van der Waals surface area contributed by atoms with Crippen LogP contribution < -0.4 is 4.72 Å². The molecule has 1 aromatic heterocycles. The number of H-pyrrole nitrogens is 1. The van der Waals surface area contributed by atoms with Gasteiger partial charge in [0.15, 0.2) is 0 Å². The van der Waals surface area contributed by atoms with Crippen LogP contribution in [0.3, 0.4) is 0 Å². The maximum atomic E-state index is 11.7. The van der Waals surface area contributed by atoms with Crippen molar-refractivity contribution in [3.8, 4) is 0 Å². The third kappa shape index (κ3) is 3.81. The summed E-state index contributed by atoms with van der Waals surface area (Å²) in [6.45, 7) is 5.12. The molecule has 8 heteroatoms. The summed E-state index contributed by atoms with van der Waals surface area (Å²) in [6, 6.07) is 0. The number of aromatic amines is 1. The Hall–Kier alpha value is -1.41. The number of amides is 1. The smallest absolute Gasteiger partial charge is 0.243 e. The monoisotopic (exact) mass is 274 g/mol. The van der Waals surface area contributed by atoms with E-state index in [1.54, 1.807) is 4.90 Å². The minimum atomic E-state index is -3.57. The zero-order valence-electron chi connectivity index (χ0n) is 10.5. The third-order valence-corrected chi connectivity index (χ3v) is 3.96. The van der Waals surface area contributed by atoms with Gasteiger partial charge >= 0.3 is 0 Å². The first-order valence-corrected chi connectivity index (χ1v) is 7.25. The highest BCUT2D eigenvalue weighted by Crippen LogP contribution is 2.04. The van der Waals surface area contributed by atoms with Crippen molar-refractivity contribution in [3.05, 3.63) is 12.4 Å². The maximum Gasteiger partial charge on any atom is 0.243 e. The van der Waals surface area contributed by atoms with Crippen LogP contribution in [0.2, 0.25) is 0 Å². The summed E-state index contributed by atoms with van der Waals surface area (Å²) in [7, 11) is -3.57. The molecule has 7 nitrogen and oxygen atoms in total. The van der Waals surface area contributed by atoms with E-state index < -0.39 is 10.0 Å². The number of rotatable bonds is 7. The van der Waals surface area contributed by atoms with Crippen molar-refractivity contribution in [1.29, 1.82) is 0 Å². The number of sulfonamides is 1. The van der Waals surface area contributed by atoms with Gasteiger partial charge in [0.25, 0.3) is 0 Å². The van der Waals surface area contributed by atoms with Gasteiger partial charge in [-0.2, -0.15) is 5.10 Å². The molecule has 1 aromatic rings. The number of hydrogen-bond acceptors (Lipinski definition) is 4. The van der Waals surface area contributed by atoms with Crippen LogP contribution in [0, 0.1) is 0 Å². The van der Waals surface area contributed by atoms with Crippen molar-refractivity contribution in [2.24, 2.45) is 0 Å². The molecule has 1 heterocycles.